The van der Waals surface area contributed by atoms with Crippen LogP contribution in [-0.4, -0.2) is 24.5 Å². The summed E-state index contributed by atoms with van der Waals surface area (Å²) in [6.07, 6.45) is 0.626. The highest BCUT2D eigenvalue weighted by Crippen LogP contribution is 2.22. The number of benzene rings is 1. The van der Waals surface area contributed by atoms with Gasteiger partial charge in [0.25, 0.3) is 0 Å². The Morgan fingerprint density at radius 2 is 2.14 bits per heavy atom. The van der Waals surface area contributed by atoms with Gasteiger partial charge < -0.3 is 9.84 Å². The number of rotatable bonds is 3. The van der Waals surface area contributed by atoms with Crippen molar-refractivity contribution in [1.82, 2.24) is 0 Å². The minimum Gasteiger partial charge on any atom is -0.496 e. The van der Waals surface area contributed by atoms with Crippen molar-refractivity contribution in [3.8, 4) is 5.75 Å². The van der Waals surface area contributed by atoms with Crippen LogP contribution >= 0.6 is 0 Å². The number of carbonyl (C=O) groups is 2. The molecule has 0 atom stereocenters. The van der Waals surface area contributed by atoms with E-state index in [1.165, 1.54) is 19.2 Å². The highest BCUT2D eigenvalue weighted by Gasteiger charge is 2.13. The molecule has 0 fully saturated rings. The van der Waals surface area contributed by atoms with Crippen molar-refractivity contribution < 1.29 is 19.4 Å². The van der Waals surface area contributed by atoms with Crippen LogP contribution in [0.1, 0.15) is 26.3 Å². The summed E-state index contributed by atoms with van der Waals surface area (Å²) in [5, 5.41) is 8.81. The van der Waals surface area contributed by atoms with Gasteiger partial charge in [0, 0.05) is 5.56 Å². The van der Waals surface area contributed by atoms with Crippen LogP contribution in [0.2, 0.25) is 0 Å². The van der Waals surface area contributed by atoms with Crippen molar-refractivity contribution in [2.75, 3.05) is 7.11 Å². The van der Waals surface area contributed by atoms with Gasteiger partial charge >= 0.3 is 5.97 Å². The maximum atomic E-state index is 10.8. The standard InChI is InChI=1S/C10H10O4/c1-6-3-9(14-2)8(10(12)13)4-7(6)5-11/h3-5H,1-2H3,(H,12,13). The van der Waals surface area contributed by atoms with Crippen LogP contribution in [0.3, 0.4) is 0 Å². The van der Waals surface area contributed by atoms with E-state index >= 15 is 0 Å². The van der Waals surface area contributed by atoms with Gasteiger partial charge in [-0.3, -0.25) is 4.79 Å². The molecule has 14 heavy (non-hydrogen) atoms. The Morgan fingerprint density at radius 3 is 2.57 bits per heavy atom. The van der Waals surface area contributed by atoms with Crippen molar-refractivity contribution in [2.24, 2.45) is 0 Å². The van der Waals surface area contributed by atoms with Crippen LogP contribution in [0.5, 0.6) is 5.75 Å². The van der Waals surface area contributed by atoms with Crippen molar-refractivity contribution in [1.29, 1.82) is 0 Å². The van der Waals surface area contributed by atoms with Gasteiger partial charge in [-0.1, -0.05) is 0 Å². The molecule has 0 bridgehead atoms. The average molecular weight is 194 g/mol. The first kappa shape index (κ1) is 10.2. The fourth-order valence-electron chi connectivity index (χ4n) is 1.16. The van der Waals surface area contributed by atoms with Gasteiger partial charge in [-0.2, -0.15) is 0 Å². The number of aldehydes is 1. The van der Waals surface area contributed by atoms with E-state index in [1.807, 2.05) is 0 Å². The SMILES string of the molecule is COc1cc(C)c(C=O)cc1C(=O)O. The smallest absolute Gasteiger partial charge is 0.339 e. The molecule has 0 unspecified atom stereocenters. The molecule has 0 saturated carbocycles. The number of aromatic carboxylic acids is 1. The molecule has 1 N–H and O–H groups in total. The van der Waals surface area contributed by atoms with Crippen molar-refractivity contribution in [3.63, 3.8) is 0 Å². The molecule has 0 aliphatic rings. The van der Waals surface area contributed by atoms with Gasteiger partial charge in [0.05, 0.1) is 7.11 Å². The van der Waals surface area contributed by atoms with Gasteiger partial charge in [-0.25, -0.2) is 4.79 Å². The Bertz CT molecular complexity index is 382. The number of carboxylic acids is 1. The molecule has 0 spiro atoms. The zero-order valence-electron chi connectivity index (χ0n) is 7.90. The Labute approximate surface area is 81.1 Å². The Kier molecular flexibility index (Phi) is 2.86. The van der Waals surface area contributed by atoms with E-state index in [1.54, 1.807) is 6.92 Å². The number of carboxylic acid groups (broad SMARTS) is 1. The lowest BCUT2D eigenvalue weighted by Crippen LogP contribution is -2.03. The number of ether oxygens (including phenoxy) is 1. The van der Waals surface area contributed by atoms with Gasteiger partial charge in [0.15, 0.2) is 0 Å². The molecule has 1 rings (SSSR count). The van der Waals surface area contributed by atoms with Crippen molar-refractivity contribution in [3.05, 3.63) is 28.8 Å². The summed E-state index contributed by atoms with van der Waals surface area (Å²) in [7, 11) is 1.39. The Balaban J connectivity index is 3.39. The lowest BCUT2D eigenvalue weighted by atomic mass is 10.0. The molecule has 1 aromatic rings. The lowest BCUT2D eigenvalue weighted by molar-refractivity contribution is 0.0693. The second-order valence-corrected chi connectivity index (χ2v) is 2.83. The first-order chi connectivity index (χ1) is 6.60. The fraction of sp³-hybridized carbons (Fsp3) is 0.200. The molecule has 1 aromatic carbocycles. The minimum absolute atomic E-state index is 0.000185. The number of carbonyl (C=O) groups excluding carboxylic acids is 1. The average Bonchev–Trinajstić information content (AvgIpc) is 2.16. The predicted octanol–water partition coefficient (Wildman–Crippen LogP) is 1.51. The van der Waals surface area contributed by atoms with Gasteiger partial charge in [-0.05, 0) is 24.6 Å². The first-order valence-corrected chi connectivity index (χ1v) is 3.97. The van der Waals surface area contributed by atoms with Gasteiger partial charge in [-0.15, -0.1) is 0 Å². The summed E-state index contributed by atoms with van der Waals surface area (Å²) in [6, 6.07) is 2.84. The van der Waals surface area contributed by atoms with Crippen molar-refractivity contribution >= 4 is 12.3 Å². The van der Waals surface area contributed by atoms with E-state index < -0.39 is 5.97 Å². The summed E-state index contributed by atoms with van der Waals surface area (Å²) in [5.74, 6) is -0.842. The van der Waals surface area contributed by atoms with Crippen LogP contribution in [0, 0.1) is 6.92 Å². The molecular weight excluding hydrogens is 184 g/mol. The summed E-state index contributed by atoms with van der Waals surface area (Å²) in [4.78, 5) is 21.3. The van der Waals surface area contributed by atoms with E-state index in [9.17, 15) is 9.59 Å². The Hall–Kier alpha value is -1.84. The second-order valence-electron chi connectivity index (χ2n) is 2.83. The molecule has 0 aromatic heterocycles. The van der Waals surface area contributed by atoms with Crippen LogP contribution < -0.4 is 4.74 Å². The van der Waals surface area contributed by atoms with E-state index in [4.69, 9.17) is 9.84 Å². The predicted molar refractivity (Wildman–Crippen MR) is 50.1 cm³/mol. The number of methoxy groups -OCH3 is 1. The van der Waals surface area contributed by atoms with Crippen LogP contribution in [0.15, 0.2) is 12.1 Å². The molecule has 0 aliphatic carbocycles. The first-order valence-electron chi connectivity index (χ1n) is 3.97. The molecule has 0 heterocycles. The zero-order chi connectivity index (χ0) is 10.7. The summed E-state index contributed by atoms with van der Waals surface area (Å²) < 4.78 is 4.89. The van der Waals surface area contributed by atoms with E-state index in [-0.39, 0.29) is 11.3 Å². The molecule has 0 amide bonds. The molecule has 4 nitrogen and oxygen atoms in total. The maximum Gasteiger partial charge on any atom is 0.339 e. The highest BCUT2D eigenvalue weighted by atomic mass is 16.5. The summed E-state index contributed by atoms with van der Waals surface area (Å²) in [5.41, 5.74) is 1.06. The number of hydrogen-bond acceptors (Lipinski definition) is 3. The lowest BCUT2D eigenvalue weighted by Gasteiger charge is -2.07. The molecular formula is C10H10O4. The molecule has 0 radical (unpaired) electrons. The third-order valence-corrected chi connectivity index (χ3v) is 1.95. The fourth-order valence-corrected chi connectivity index (χ4v) is 1.16. The number of hydrogen-bond donors (Lipinski definition) is 1. The van der Waals surface area contributed by atoms with Gasteiger partial charge in [0.2, 0.25) is 0 Å². The van der Waals surface area contributed by atoms with Crippen molar-refractivity contribution in [2.45, 2.75) is 6.92 Å². The summed E-state index contributed by atoms with van der Waals surface area (Å²) in [6.45, 7) is 1.72. The zero-order valence-corrected chi connectivity index (χ0v) is 7.90. The van der Waals surface area contributed by atoms with Crippen LogP contribution in [-0.2, 0) is 0 Å². The van der Waals surface area contributed by atoms with E-state index in [0.717, 1.165) is 0 Å². The second kappa shape index (κ2) is 3.91. The van der Waals surface area contributed by atoms with Crippen LogP contribution in [0.25, 0.3) is 0 Å². The highest BCUT2D eigenvalue weighted by molar-refractivity contribution is 5.93. The largest absolute Gasteiger partial charge is 0.496 e. The Morgan fingerprint density at radius 1 is 1.50 bits per heavy atom. The normalized spacial score (nSPS) is 9.57. The van der Waals surface area contributed by atoms with Gasteiger partial charge in [0.1, 0.15) is 17.6 Å². The van der Waals surface area contributed by atoms with E-state index in [2.05, 4.69) is 0 Å². The molecule has 0 aliphatic heterocycles. The third-order valence-electron chi connectivity index (χ3n) is 1.95. The monoisotopic (exact) mass is 194 g/mol. The van der Waals surface area contributed by atoms with Crippen LogP contribution in [0.4, 0.5) is 0 Å². The molecule has 74 valence electrons. The maximum absolute atomic E-state index is 10.8. The third kappa shape index (κ3) is 1.74. The number of aryl methyl sites for hydroxylation is 1. The van der Waals surface area contributed by atoms with E-state index in [0.29, 0.717) is 17.4 Å². The minimum atomic E-state index is -1.11. The topological polar surface area (TPSA) is 63.6 Å². The molecule has 0 saturated heterocycles. The molecule has 4 heteroatoms. The summed E-state index contributed by atoms with van der Waals surface area (Å²) >= 11 is 0. The quantitative estimate of drug-likeness (QED) is 0.741.